The van der Waals surface area contributed by atoms with E-state index in [0.717, 1.165) is 26.9 Å². The van der Waals surface area contributed by atoms with Gasteiger partial charge < -0.3 is 10.2 Å². The van der Waals surface area contributed by atoms with Crippen LogP contribution in [0.5, 0.6) is 0 Å². The Morgan fingerprint density at radius 2 is 1.51 bits per heavy atom. The first-order valence-corrected chi connectivity index (χ1v) is 12.1. The van der Waals surface area contributed by atoms with Crippen LogP contribution in [0, 0.1) is 6.92 Å². The van der Waals surface area contributed by atoms with Gasteiger partial charge in [-0.3, -0.25) is 4.79 Å². The summed E-state index contributed by atoms with van der Waals surface area (Å²) in [4.78, 5) is 15.3. The van der Waals surface area contributed by atoms with Crippen molar-refractivity contribution in [3.8, 4) is 0 Å². The van der Waals surface area contributed by atoms with Crippen LogP contribution in [-0.2, 0) is 13.1 Å². The average Bonchev–Trinajstić information content (AvgIpc) is 3.32. The van der Waals surface area contributed by atoms with Crippen molar-refractivity contribution in [1.29, 1.82) is 0 Å². The second-order valence-corrected chi connectivity index (χ2v) is 9.39. The number of nitrogens with one attached hydrogen (secondary N) is 1. The van der Waals surface area contributed by atoms with Gasteiger partial charge in [-0.05, 0) is 23.6 Å². The highest BCUT2D eigenvalue weighted by Crippen LogP contribution is 2.43. The molecule has 5 nitrogen and oxygen atoms in total. The zero-order valence-corrected chi connectivity index (χ0v) is 20.3. The Bertz CT molecular complexity index is 1310. The molecule has 0 unspecified atom stereocenters. The summed E-state index contributed by atoms with van der Waals surface area (Å²) in [7, 11) is 0. The van der Waals surface area contributed by atoms with E-state index in [-0.39, 0.29) is 17.9 Å². The molecule has 0 spiro atoms. The number of carbonyl (C=O) groups is 1. The predicted molar refractivity (Wildman–Crippen MR) is 136 cm³/mol. The van der Waals surface area contributed by atoms with Crippen LogP contribution in [0.25, 0.3) is 0 Å². The van der Waals surface area contributed by atoms with Crippen molar-refractivity contribution >= 4 is 11.7 Å². The molecule has 1 aliphatic rings. The number of nitrogens with zero attached hydrogens (tertiary/aromatic N) is 3. The van der Waals surface area contributed by atoms with Gasteiger partial charge >= 0.3 is 6.18 Å². The molecule has 1 aliphatic heterocycles. The molecule has 3 aromatic carbocycles. The van der Waals surface area contributed by atoms with Gasteiger partial charge in [0.15, 0.2) is 11.7 Å². The van der Waals surface area contributed by atoms with Gasteiger partial charge in [0.05, 0.1) is 6.04 Å². The molecule has 0 radical (unpaired) electrons. The van der Waals surface area contributed by atoms with Crippen LogP contribution in [0.4, 0.5) is 19.0 Å². The van der Waals surface area contributed by atoms with E-state index in [9.17, 15) is 18.0 Å². The Balaban J connectivity index is 1.47. The second-order valence-electron chi connectivity index (χ2n) is 9.39. The molecule has 37 heavy (non-hydrogen) atoms. The maximum atomic E-state index is 14.1. The summed E-state index contributed by atoms with van der Waals surface area (Å²) in [5.41, 5.74) is 3.60. The second kappa shape index (κ2) is 10.1. The average molecular weight is 505 g/mol. The van der Waals surface area contributed by atoms with Crippen molar-refractivity contribution in [1.82, 2.24) is 14.7 Å². The van der Waals surface area contributed by atoms with Crippen LogP contribution >= 0.6 is 0 Å². The van der Waals surface area contributed by atoms with Crippen LogP contribution in [0.2, 0.25) is 0 Å². The number of amides is 1. The van der Waals surface area contributed by atoms with E-state index >= 15 is 0 Å². The quantitative estimate of drug-likeness (QED) is 0.318. The van der Waals surface area contributed by atoms with Gasteiger partial charge in [0, 0.05) is 25.6 Å². The number of alkyl halides is 3. The maximum Gasteiger partial charge on any atom is 0.410 e. The normalized spacial score (nSPS) is 17.1. The molecule has 2 heterocycles. The Morgan fingerprint density at radius 1 is 0.946 bits per heavy atom. The molecule has 0 fully saturated rings. The minimum absolute atomic E-state index is 0.0202. The molecule has 1 aromatic heterocycles. The number of carbonyl (C=O) groups excluding carboxylic acids is 1. The lowest BCUT2D eigenvalue weighted by Gasteiger charge is -2.33. The highest BCUT2D eigenvalue weighted by Gasteiger charge is 2.47. The van der Waals surface area contributed by atoms with Crippen molar-refractivity contribution < 1.29 is 18.0 Å². The smallest absolute Gasteiger partial charge is 0.363 e. The molecular weight excluding hydrogens is 477 g/mol. The van der Waals surface area contributed by atoms with E-state index < -0.39 is 24.2 Å². The van der Waals surface area contributed by atoms with Gasteiger partial charge in [-0.15, -0.1) is 0 Å². The summed E-state index contributed by atoms with van der Waals surface area (Å²) in [5, 5.41) is 7.37. The molecule has 5 rings (SSSR count). The number of halogens is 3. The number of rotatable bonds is 6. The molecule has 0 bridgehead atoms. The van der Waals surface area contributed by atoms with Gasteiger partial charge in [-0.2, -0.15) is 18.3 Å². The fraction of sp³-hybridized carbons (Fsp3) is 0.241. The Kier molecular flexibility index (Phi) is 6.74. The molecule has 0 aliphatic carbocycles. The predicted octanol–water partition coefficient (Wildman–Crippen LogP) is 6.69. The van der Waals surface area contributed by atoms with Crippen LogP contribution in [0.1, 0.15) is 51.2 Å². The monoisotopic (exact) mass is 504 g/mol. The topological polar surface area (TPSA) is 50.2 Å². The molecular formula is C29H27F3N4O. The van der Waals surface area contributed by atoms with Crippen LogP contribution in [0.15, 0.2) is 91.0 Å². The zero-order valence-electron chi connectivity index (χ0n) is 20.3. The fourth-order valence-corrected chi connectivity index (χ4v) is 4.66. The first-order chi connectivity index (χ1) is 17.8. The van der Waals surface area contributed by atoms with Crippen LogP contribution < -0.4 is 5.32 Å². The molecule has 1 N–H and O–H groups in total. The molecule has 4 aromatic rings. The number of hydrogen-bond acceptors (Lipinski definition) is 3. The molecule has 0 saturated carbocycles. The fourth-order valence-electron chi connectivity index (χ4n) is 4.66. The summed E-state index contributed by atoms with van der Waals surface area (Å²) in [5.74, 6) is -0.244. The summed E-state index contributed by atoms with van der Waals surface area (Å²) in [6, 6.07) is 25.5. The molecule has 8 heteroatoms. The van der Waals surface area contributed by atoms with Crippen molar-refractivity contribution in [2.45, 2.75) is 44.7 Å². The van der Waals surface area contributed by atoms with E-state index in [1.54, 1.807) is 4.90 Å². The highest BCUT2D eigenvalue weighted by molar-refractivity contribution is 5.93. The van der Waals surface area contributed by atoms with Gasteiger partial charge in [-0.25, -0.2) is 4.68 Å². The lowest BCUT2D eigenvalue weighted by molar-refractivity contribution is -0.173. The van der Waals surface area contributed by atoms with Crippen molar-refractivity contribution in [2.75, 3.05) is 5.32 Å². The minimum atomic E-state index is -4.51. The zero-order chi connectivity index (χ0) is 26.0. The third-order valence-corrected chi connectivity index (χ3v) is 6.61. The van der Waals surface area contributed by atoms with Gasteiger partial charge in [0.25, 0.3) is 5.91 Å². The first kappa shape index (κ1) is 24.6. The lowest BCUT2D eigenvalue weighted by atomic mass is 9.96. The SMILES string of the molecule is Cc1ccc([C@H]2C[C@@H](C(F)(F)F)n3nc(C(=O)N(Cc4ccccc4)Cc4ccccc4)cc3N2)cc1. The summed E-state index contributed by atoms with van der Waals surface area (Å²) in [6.45, 7) is 2.54. The van der Waals surface area contributed by atoms with Crippen LogP contribution in [-0.4, -0.2) is 26.8 Å². The van der Waals surface area contributed by atoms with Gasteiger partial charge in [0.2, 0.25) is 0 Å². The highest BCUT2D eigenvalue weighted by atomic mass is 19.4. The number of aryl methyl sites for hydroxylation is 1. The number of benzene rings is 3. The van der Waals surface area contributed by atoms with E-state index in [0.29, 0.717) is 13.1 Å². The van der Waals surface area contributed by atoms with Crippen molar-refractivity contribution in [3.63, 3.8) is 0 Å². The van der Waals surface area contributed by atoms with E-state index in [2.05, 4.69) is 10.4 Å². The van der Waals surface area contributed by atoms with Crippen molar-refractivity contribution in [3.05, 3.63) is 119 Å². The molecule has 2 atom stereocenters. The van der Waals surface area contributed by atoms with Crippen molar-refractivity contribution in [2.24, 2.45) is 0 Å². The Hall–Kier alpha value is -4.07. The first-order valence-electron chi connectivity index (χ1n) is 12.1. The number of aromatic nitrogens is 2. The Morgan fingerprint density at radius 3 is 2.05 bits per heavy atom. The summed E-state index contributed by atoms with van der Waals surface area (Å²) < 4.78 is 43.3. The van der Waals surface area contributed by atoms with E-state index in [4.69, 9.17) is 0 Å². The standard InChI is InChI=1S/C29H27F3N4O/c1-20-12-14-23(15-13-20)24-16-26(29(30,31)32)36-27(33-24)17-25(34-36)28(37)35(18-21-8-4-2-5-9-21)19-22-10-6-3-7-11-22/h2-15,17,24,26,33H,16,18-19H2,1H3/t24-,26+/m1/s1. The Labute approximate surface area is 213 Å². The molecule has 1 amide bonds. The van der Waals surface area contributed by atoms with E-state index in [1.165, 1.54) is 6.07 Å². The number of hydrogen-bond donors (Lipinski definition) is 1. The van der Waals surface area contributed by atoms with E-state index in [1.807, 2.05) is 91.9 Å². The van der Waals surface area contributed by atoms with Crippen LogP contribution in [0.3, 0.4) is 0 Å². The van der Waals surface area contributed by atoms with Gasteiger partial charge in [0.1, 0.15) is 5.82 Å². The third kappa shape index (κ3) is 5.53. The minimum Gasteiger partial charge on any atom is -0.363 e. The summed E-state index contributed by atoms with van der Waals surface area (Å²) >= 11 is 0. The number of anilines is 1. The largest absolute Gasteiger partial charge is 0.410 e. The van der Waals surface area contributed by atoms with Gasteiger partial charge in [-0.1, -0.05) is 90.5 Å². The third-order valence-electron chi connectivity index (χ3n) is 6.61. The molecule has 190 valence electrons. The maximum absolute atomic E-state index is 14.1. The number of fused-ring (bicyclic) bond motifs is 1. The lowest BCUT2D eigenvalue weighted by Crippen LogP contribution is -2.36. The molecule has 0 saturated heterocycles. The summed E-state index contributed by atoms with van der Waals surface area (Å²) in [6.07, 6.45) is -4.73.